The second-order valence-corrected chi connectivity index (χ2v) is 10.3. The number of carbonyl (C=O) groups is 1. The van der Waals surface area contributed by atoms with Crippen LogP contribution in [0.15, 0.2) is 42.6 Å². The number of nitrogens with one attached hydrogen (secondary N) is 2. The largest absolute Gasteiger partial charge is 0.366 e. The maximum absolute atomic E-state index is 13.6. The molecule has 2 aliphatic carbocycles. The molecule has 0 unspecified atom stereocenters. The number of para-hydroxylation sites is 1. The molecular weight excluding hydrogens is 442 g/mol. The van der Waals surface area contributed by atoms with E-state index in [1.165, 1.54) is 38.2 Å². The van der Waals surface area contributed by atoms with Crippen molar-refractivity contribution in [1.29, 1.82) is 0 Å². The standard InChI is InChI=1S/C27H39N5O3/c1-30(24-10-6-3-7-11-24)27(33)31(19-22-8-4-2-5-9-22)20-23-14-12-21(13-15-23)18-29-26-25(32(34)35)16-17-28-26/h3,6-7,10-11,16-17,21-23,28-29H,2,4-5,8-9,12-15,18-20H2,1H3. The minimum atomic E-state index is -0.361. The average Bonchev–Trinajstić information content (AvgIpc) is 3.37. The smallest absolute Gasteiger partial charge is 0.324 e. The quantitative estimate of drug-likeness (QED) is 0.325. The van der Waals surface area contributed by atoms with Crippen LogP contribution < -0.4 is 10.2 Å². The zero-order chi connectivity index (χ0) is 24.6. The molecule has 8 nitrogen and oxygen atoms in total. The van der Waals surface area contributed by atoms with Gasteiger partial charge in [0, 0.05) is 44.6 Å². The minimum absolute atomic E-state index is 0.0955. The Morgan fingerprint density at radius 1 is 0.971 bits per heavy atom. The molecule has 0 radical (unpaired) electrons. The number of anilines is 2. The SMILES string of the molecule is CN(C(=O)N(CC1CCCCC1)CC1CCC(CNc2[nH]ccc2[N+](=O)[O-])CC1)c1ccccc1. The molecule has 2 N–H and O–H groups in total. The fourth-order valence-corrected chi connectivity index (χ4v) is 5.72. The fourth-order valence-electron chi connectivity index (χ4n) is 5.72. The molecule has 0 saturated heterocycles. The lowest BCUT2D eigenvalue weighted by Crippen LogP contribution is -2.46. The molecule has 0 aliphatic heterocycles. The third-order valence-electron chi connectivity index (χ3n) is 7.84. The Kier molecular flexibility index (Phi) is 8.66. The van der Waals surface area contributed by atoms with E-state index in [0.29, 0.717) is 23.6 Å². The highest BCUT2D eigenvalue weighted by molar-refractivity contribution is 5.91. The first-order valence-corrected chi connectivity index (χ1v) is 13.1. The maximum atomic E-state index is 13.6. The summed E-state index contributed by atoms with van der Waals surface area (Å²) in [6.07, 6.45) is 12.2. The predicted octanol–water partition coefficient (Wildman–Crippen LogP) is 6.28. The van der Waals surface area contributed by atoms with Crippen molar-refractivity contribution < 1.29 is 9.72 Å². The number of amides is 2. The summed E-state index contributed by atoms with van der Waals surface area (Å²) in [5.41, 5.74) is 1.03. The molecule has 2 aliphatic rings. The van der Waals surface area contributed by atoms with Crippen LogP contribution in [0.25, 0.3) is 0 Å². The topological polar surface area (TPSA) is 94.5 Å². The summed E-state index contributed by atoms with van der Waals surface area (Å²) < 4.78 is 0. The van der Waals surface area contributed by atoms with Gasteiger partial charge in [-0.1, -0.05) is 37.5 Å². The summed E-state index contributed by atoms with van der Waals surface area (Å²) in [6, 6.07) is 11.5. The number of benzene rings is 1. The van der Waals surface area contributed by atoms with E-state index in [4.69, 9.17) is 0 Å². The zero-order valence-electron chi connectivity index (χ0n) is 20.8. The molecule has 0 bridgehead atoms. The molecule has 0 spiro atoms. The summed E-state index contributed by atoms with van der Waals surface area (Å²) in [7, 11) is 1.88. The van der Waals surface area contributed by atoms with Crippen LogP contribution in [0.1, 0.15) is 57.8 Å². The highest BCUT2D eigenvalue weighted by atomic mass is 16.6. The summed E-state index contributed by atoms with van der Waals surface area (Å²) in [5.74, 6) is 2.09. The van der Waals surface area contributed by atoms with Gasteiger partial charge >= 0.3 is 11.7 Å². The predicted molar refractivity (Wildman–Crippen MR) is 140 cm³/mol. The van der Waals surface area contributed by atoms with E-state index in [0.717, 1.165) is 51.0 Å². The second-order valence-electron chi connectivity index (χ2n) is 10.3. The Morgan fingerprint density at radius 3 is 2.26 bits per heavy atom. The van der Waals surface area contributed by atoms with Crippen molar-refractivity contribution in [2.24, 2.45) is 17.8 Å². The van der Waals surface area contributed by atoms with E-state index in [1.807, 2.05) is 37.4 Å². The van der Waals surface area contributed by atoms with Crippen LogP contribution in [0, 0.1) is 27.9 Å². The van der Waals surface area contributed by atoms with E-state index in [1.54, 1.807) is 11.1 Å². The minimum Gasteiger partial charge on any atom is -0.366 e. The van der Waals surface area contributed by atoms with Crippen molar-refractivity contribution in [3.05, 3.63) is 52.7 Å². The van der Waals surface area contributed by atoms with Crippen molar-refractivity contribution >= 4 is 23.2 Å². The van der Waals surface area contributed by atoms with Crippen LogP contribution in [0.5, 0.6) is 0 Å². The van der Waals surface area contributed by atoms with Crippen molar-refractivity contribution in [3.8, 4) is 0 Å². The molecule has 1 aromatic carbocycles. The highest BCUT2D eigenvalue weighted by Gasteiger charge is 2.29. The number of rotatable bonds is 9. The van der Waals surface area contributed by atoms with Gasteiger partial charge in [0.25, 0.3) is 0 Å². The lowest BCUT2D eigenvalue weighted by Gasteiger charge is -2.37. The first kappa shape index (κ1) is 25.1. The summed E-state index contributed by atoms with van der Waals surface area (Å²) in [5, 5.41) is 14.4. The molecule has 190 valence electrons. The number of aromatic amines is 1. The number of hydrogen-bond donors (Lipinski definition) is 2. The Hall–Kier alpha value is -3.03. The molecular formula is C27H39N5O3. The van der Waals surface area contributed by atoms with Gasteiger partial charge in [-0.15, -0.1) is 0 Å². The molecule has 2 aromatic rings. The lowest BCUT2D eigenvalue weighted by atomic mass is 9.81. The molecule has 8 heteroatoms. The number of carbonyl (C=O) groups excluding carboxylic acids is 1. The Morgan fingerprint density at radius 2 is 1.60 bits per heavy atom. The maximum Gasteiger partial charge on any atom is 0.324 e. The van der Waals surface area contributed by atoms with Crippen LogP contribution in [-0.2, 0) is 0 Å². The van der Waals surface area contributed by atoms with Gasteiger partial charge in [-0.25, -0.2) is 4.79 Å². The number of hydrogen-bond acceptors (Lipinski definition) is 4. The van der Waals surface area contributed by atoms with Crippen molar-refractivity contribution in [1.82, 2.24) is 9.88 Å². The van der Waals surface area contributed by atoms with Gasteiger partial charge in [0.05, 0.1) is 4.92 Å². The van der Waals surface area contributed by atoms with Gasteiger partial charge in [-0.05, 0) is 68.4 Å². The Labute approximate surface area is 208 Å². The molecule has 2 amide bonds. The Bertz CT molecular complexity index is 949. The van der Waals surface area contributed by atoms with E-state index in [-0.39, 0.29) is 16.6 Å². The van der Waals surface area contributed by atoms with Gasteiger partial charge in [-0.2, -0.15) is 0 Å². The zero-order valence-corrected chi connectivity index (χ0v) is 20.8. The molecule has 1 heterocycles. The number of nitrogens with zero attached hydrogens (tertiary/aromatic N) is 3. The van der Waals surface area contributed by atoms with Crippen LogP contribution >= 0.6 is 0 Å². The third kappa shape index (κ3) is 6.77. The van der Waals surface area contributed by atoms with Gasteiger partial charge in [0.2, 0.25) is 0 Å². The summed E-state index contributed by atoms with van der Waals surface area (Å²) >= 11 is 0. The van der Waals surface area contributed by atoms with Crippen LogP contribution in [0.4, 0.5) is 22.0 Å². The molecule has 2 fully saturated rings. The first-order valence-electron chi connectivity index (χ1n) is 13.1. The second kappa shape index (κ2) is 12.1. The Balaban J connectivity index is 1.32. The number of urea groups is 1. The van der Waals surface area contributed by atoms with Gasteiger partial charge < -0.3 is 15.2 Å². The number of nitro groups is 1. The summed E-state index contributed by atoms with van der Waals surface area (Å²) in [4.78, 5) is 31.2. The van der Waals surface area contributed by atoms with E-state index in [9.17, 15) is 14.9 Å². The number of aromatic nitrogens is 1. The van der Waals surface area contributed by atoms with Crippen molar-refractivity contribution in [3.63, 3.8) is 0 Å². The van der Waals surface area contributed by atoms with E-state index < -0.39 is 0 Å². The average molecular weight is 482 g/mol. The molecule has 4 rings (SSSR count). The lowest BCUT2D eigenvalue weighted by molar-refractivity contribution is -0.383. The van der Waals surface area contributed by atoms with Crippen molar-refractivity contribution in [2.45, 2.75) is 57.8 Å². The van der Waals surface area contributed by atoms with Gasteiger partial charge in [0.1, 0.15) is 0 Å². The molecule has 1 aromatic heterocycles. The monoisotopic (exact) mass is 481 g/mol. The third-order valence-corrected chi connectivity index (χ3v) is 7.84. The fraction of sp³-hybridized carbons (Fsp3) is 0.593. The van der Waals surface area contributed by atoms with E-state index >= 15 is 0 Å². The molecule has 0 atom stereocenters. The van der Waals surface area contributed by atoms with Gasteiger partial charge in [-0.3, -0.25) is 15.0 Å². The highest BCUT2D eigenvalue weighted by Crippen LogP contribution is 2.32. The van der Waals surface area contributed by atoms with Crippen LogP contribution in [0.2, 0.25) is 0 Å². The van der Waals surface area contributed by atoms with Gasteiger partial charge in [0.15, 0.2) is 5.82 Å². The van der Waals surface area contributed by atoms with Crippen LogP contribution in [0.3, 0.4) is 0 Å². The van der Waals surface area contributed by atoms with Crippen molar-refractivity contribution in [2.75, 3.05) is 36.9 Å². The van der Waals surface area contributed by atoms with Crippen LogP contribution in [-0.4, -0.2) is 47.5 Å². The number of H-pyrrole nitrogens is 1. The summed E-state index contributed by atoms with van der Waals surface area (Å²) in [6.45, 7) is 2.40. The molecule has 35 heavy (non-hydrogen) atoms. The molecule has 2 saturated carbocycles. The normalized spacial score (nSPS) is 20.8. The van der Waals surface area contributed by atoms with E-state index in [2.05, 4.69) is 15.2 Å². The first-order chi connectivity index (χ1) is 17.0.